The Labute approximate surface area is 118 Å². The minimum atomic E-state index is -0.525. The molecule has 0 spiro atoms. The Morgan fingerprint density at radius 1 is 1.40 bits per heavy atom. The molecule has 0 N–H and O–H groups in total. The minimum Gasteiger partial charge on any atom is -0.467 e. The van der Waals surface area contributed by atoms with Crippen LogP contribution in [0.2, 0.25) is 0 Å². The normalized spacial score (nSPS) is 22.2. The molecule has 1 aliphatic heterocycles. The monoisotopic (exact) mass is 277 g/mol. The van der Waals surface area contributed by atoms with Gasteiger partial charge in [-0.1, -0.05) is 0 Å². The van der Waals surface area contributed by atoms with Crippen LogP contribution in [0.1, 0.15) is 24.1 Å². The quantitative estimate of drug-likeness (QED) is 0.743. The molecule has 1 aromatic rings. The van der Waals surface area contributed by atoms with Gasteiger partial charge >= 0.3 is 5.97 Å². The molecule has 2 heterocycles. The number of hydrogen-bond donors (Lipinski definition) is 0. The van der Waals surface area contributed by atoms with Crippen molar-refractivity contribution >= 4 is 11.8 Å². The topological polar surface area (TPSA) is 64.5 Å². The summed E-state index contributed by atoms with van der Waals surface area (Å²) in [6, 6.07) is 0. The zero-order chi connectivity index (χ0) is 13.9. The maximum absolute atomic E-state index is 11.6. The number of morpholine rings is 1. The second-order valence-electron chi connectivity index (χ2n) is 5.16. The van der Waals surface area contributed by atoms with Crippen LogP contribution in [0.25, 0.3) is 0 Å². The molecule has 108 valence electrons. The van der Waals surface area contributed by atoms with E-state index >= 15 is 0 Å². The van der Waals surface area contributed by atoms with Crippen molar-refractivity contribution in [3.05, 3.63) is 17.6 Å². The third-order valence-electron chi connectivity index (χ3n) is 3.93. The van der Waals surface area contributed by atoms with Gasteiger partial charge in [0.2, 0.25) is 0 Å². The molecule has 0 saturated carbocycles. The van der Waals surface area contributed by atoms with Crippen molar-refractivity contribution in [3.8, 4) is 0 Å². The second-order valence-corrected chi connectivity index (χ2v) is 5.16. The largest absolute Gasteiger partial charge is 0.467 e. The van der Waals surface area contributed by atoms with Crippen LogP contribution in [0.3, 0.4) is 0 Å². The summed E-state index contributed by atoms with van der Waals surface area (Å²) in [5, 5.41) is 0. The number of aromatic nitrogens is 2. The van der Waals surface area contributed by atoms with Crippen LogP contribution in [0.5, 0.6) is 0 Å². The second kappa shape index (κ2) is 5.75. The fourth-order valence-corrected chi connectivity index (χ4v) is 2.89. The van der Waals surface area contributed by atoms with Crippen molar-refractivity contribution in [1.82, 2.24) is 9.97 Å². The third kappa shape index (κ3) is 2.47. The lowest BCUT2D eigenvalue weighted by molar-refractivity contribution is -0.154. The standard InChI is InChI=1S/C14H19N3O3/c1-19-14(18)12-8-17(6-7-20-12)13-10-4-2-3-5-11(10)15-9-16-13/h9,12H,2-8H2,1H3. The van der Waals surface area contributed by atoms with E-state index in [0.29, 0.717) is 13.2 Å². The van der Waals surface area contributed by atoms with Gasteiger partial charge in [-0.25, -0.2) is 14.8 Å². The lowest BCUT2D eigenvalue weighted by Gasteiger charge is -2.34. The number of methoxy groups -OCH3 is 1. The molecule has 0 aromatic carbocycles. The average molecular weight is 277 g/mol. The van der Waals surface area contributed by atoms with Gasteiger partial charge in [-0.15, -0.1) is 0 Å². The first-order chi connectivity index (χ1) is 9.79. The molecule has 1 aliphatic carbocycles. The van der Waals surface area contributed by atoms with E-state index in [-0.39, 0.29) is 5.97 Å². The molecule has 3 rings (SSSR count). The van der Waals surface area contributed by atoms with E-state index in [1.165, 1.54) is 25.5 Å². The zero-order valence-corrected chi connectivity index (χ0v) is 11.7. The van der Waals surface area contributed by atoms with E-state index in [4.69, 9.17) is 9.47 Å². The van der Waals surface area contributed by atoms with Crippen LogP contribution in [0, 0.1) is 0 Å². The minimum absolute atomic E-state index is 0.322. The smallest absolute Gasteiger partial charge is 0.336 e. The number of carbonyl (C=O) groups is 1. The van der Waals surface area contributed by atoms with E-state index in [2.05, 4.69) is 14.9 Å². The van der Waals surface area contributed by atoms with Crippen LogP contribution >= 0.6 is 0 Å². The summed E-state index contributed by atoms with van der Waals surface area (Å²) >= 11 is 0. The van der Waals surface area contributed by atoms with Gasteiger partial charge in [0.15, 0.2) is 6.10 Å². The number of nitrogens with zero attached hydrogens (tertiary/aromatic N) is 3. The van der Waals surface area contributed by atoms with Gasteiger partial charge < -0.3 is 14.4 Å². The van der Waals surface area contributed by atoms with E-state index in [1.54, 1.807) is 6.33 Å². The predicted molar refractivity (Wildman–Crippen MR) is 72.6 cm³/mol. The van der Waals surface area contributed by atoms with Gasteiger partial charge in [-0.2, -0.15) is 0 Å². The van der Waals surface area contributed by atoms with E-state index in [1.807, 2.05) is 0 Å². The van der Waals surface area contributed by atoms with Gasteiger partial charge in [0.05, 0.1) is 20.3 Å². The molecule has 1 atom stereocenters. The Kier molecular flexibility index (Phi) is 3.82. The molecule has 0 amide bonds. The number of fused-ring (bicyclic) bond motifs is 1. The highest BCUT2D eigenvalue weighted by molar-refractivity contribution is 5.75. The molecule has 1 fully saturated rings. The molecule has 1 aromatic heterocycles. The lowest BCUT2D eigenvalue weighted by atomic mass is 9.96. The molecule has 1 saturated heterocycles. The SMILES string of the molecule is COC(=O)C1CN(c2ncnc3c2CCCC3)CCO1. The number of rotatable bonds is 2. The number of ether oxygens (including phenoxy) is 2. The first kappa shape index (κ1) is 13.3. The average Bonchev–Trinajstić information content (AvgIpc) is 2.53. The Hall–Kier alpha value is -1.69. The number of carbonyl (C=O) groups excluding carboxylic acids is 1. The van der Waals surface area contributed by atoms with Gasteiger partial charge in [-0.05, 0) is 25.7 Å². The Morgan fingerprint density at radius 3 is 3.10 bits per heavy atom. The van der Waals surface area contributed by atoms with Crippen molar-refractivity contribution in [2.75, 3.05) is 31.7 Å². The maximum Gasteiger partial charge on any atom is 0.336 e. The number of hydrogen-bond acceptors (Lipinski definition) is 6. The summed E-state index contributed by atoms with van der Waals surface area (Å²) in [6.45, 7) is 1.76. The summed E-state index contributed by atoms with van der Waals surface area (Å²) in [5.41, 5.74) is 2.40. The molecular weight excluding hydrogens is 258 g/mol. The van der Waals surface area contributed by atoms with Crippen LogP contribution in [-0.2, 0) is 27.1 Å². The Bertz CT molecular complexity index is 506. The molecule has 0 radical (unpaired) electrons. The fraction of sp³-hybridized carbons (Fsp3) is 0.643. The highest BCUT2D eigenvalue weighted by atomic mass is 16.6. The van der Waals surface area contributed by atoms with Gasteiger partial charge in [0, 0.05) is 17.8 Å². The molecule has 1 unspecified atom stereocenters. The van der Waals surface area contributed by atoms with Crippen molar-refractivity contribution < 1.29 is 14.3 Å². The molecular formula is C14H19N3O3. The Morgan fingerprint density at radius 2 is 2.25 bits per heavy atom. The van der Waals surface area contributed by atoms with Crippen molar-refractivity contribution in [3.63, 3.8) is 0 Å². The predicted octanol–water partition coefficient (Wildman–Crippen LogP) is 0.734. The van der Waals surface area contributed by atoms with Crippen LogP contribution < -0.4 is 4.90 Å². The summed E-state index contributed by atoms with van der Waals surface area (Å²) in [5.74, 6) is 0.643. The van der Waals surface area contributed by atoms with Crippen LogP contribution in [0.15, 0.2) is 6.33 Å². The molecule has 6 nitrogen and oxygen atoms in total. The van der Waals surface area contributed by atoms with Gasteiger partial charge in [0.25, 0.3) is 0 Å². The lowest BCUT2D eigenvalue weighted by Crippen LogP contribution is -2.47. The summed E-state index contributed by atoms with van der Waals surface area (Å²) in [7, 11) is 1.39. The van der Waals surface area contributed by atoms with Crippen molar-refractivity contribution in [2.24, 2.45) is 0 Å². The third-order valence-corrected chi connectivity index (χ3v) is 3.93. The number of aryl methyl sites for hydroxylation is 1. The van der Waals surface area contributed by atoms with E-state index in [9.17, 15) is 4.79 Å². The van der Waals surface area contributed by atoms with E-state index < -0.39 is 6.10 Å². The van der Waals surface area contributed by atoms with E-state index in [0.717, 1.165) is 30.9 Å². The number of anilines is 1. The highest BCUT2D eigenvalue weighted by Crippen LogP contribution is 2.28. The molecule has 0 bridgehead atoms. The van der Waals surface area contributed by atoms with Crippen LogP contribution in [0.4, 0.5) is 5.82 Å². The Balaban J connectivity index is 1.83. The van der Waals surface area contributed by atoms with Crippen molar-refractivity contribution in [1.29, 1.82) is 0 Å². The van der Waals surface area contributed by atoms with Gasteiger partial charge in [-0.3, -0.25) is 0 Å². The molecule has 2 aliphatic rings. The summed E-state index contributed by atoms with van der Waals surface area (Å²) in [4.78, 5) is 22.6. The summed E-state index contributed by atoms with van der Waals surface area (Å²) < 4.78 is 10.2. The maximum atomic E-state index is 11.6. The fourth-order valence-electron chi connectivity index (χ4n) is 2.89. The van der Waals surface area contributed by atoms with Gasteiger partial charge in [0.1, 0.15) is 12.1 Å². The van der Waals surface area contributed by atoms with Crippen molar-refractivity contribution in [2.45, 2.75) is 31.8 Å². The number of esters is 1. The molecule has 20 heavy (non-hydrogen) atoms. The first-order valence-electron chi connectivity index (χ1n) is 7.06. The van der Waals surface area contributed by atoms with Crippen LogP contribution in [-0.4, -0.2) is 48.8 Å². The first-order valence-corrected chi connectivity index (χ1v) is 7.06. The molecule has 6 heteroatoms. The summed E-state index contributed by atoms with van der Waals surface area (Å²) in [6.07, 6.45) is 5.52. The zero-order valence-electron chi connectivity index (χ0n) is 11.7. The highest BCUT2D eigenvalue weighted by Gasteiger charge is 2.30.